The van der Waals surface area contributed by atoms with Crippen molar-refractivity contribution in [2.45, 2.75) is 0 Å². The highest BCUT2D eigenvalue weighted by Crippen LogP contribution is 2.21. The van der Waals surface area contributed by atoms with Crippen LogP contribution in [0.5, 0.6) is 0 Å². The van der Waals surface area contributed by atoms with Crippen LogP contribution in [0.4, 0.5) is 0 Å². The van der Waals surface area contributed by atoms with Crippen molar-refractivity contribution in [1.82, 2.24) is 15.2 Å². The molecule has 1 heterocycles. The molecular weight excluding hydrogens is 287 g/mol. The number of carbonyl (C=O) groups excluding carboxylic acids is 1. The molecule has 0 saturated heterocycles. The second-order valence-corrected chi connectivity index (χ2v) is 4.56. The fourth-order valence-electron chi connectivity index (χ4n) is 1.35. The van der Waals surface area contributed by atoms with E-state index in [0.29, 0.717) is 15.7 Å². The summed E-state index contributed by atoms with van der Waals surface area (Å²) in [5.74, 6) is -0.378. The molecule has 0 atom stereocenters. The number of hydrazone groups is 1. The van der Waals surface area contributed by atoms with Gasteiger partial charge in [0.15, 0.2) is 5.69 Å². The van der Waals surface area contributed by atoms with E-state index in [9.17, 15) is 4.79 Å². The molecule has 0 fully saturated rings. The lowest BCUT2D eigenvalue weighted by atomic mass is 10.2. The summed E-state index contributed by atoms with van der Waals surface area (Å²) in [5, 5.41) is 8.68. The molecule has 19 heavy (non-hydrogen) atoms. The molecule has 0 radical (unpaired) electrons. The normalized spacial score (nSPS) is 10.9. The molecule has 1 aromatic carbocycles. The van der Waals surface area contributed by atoms with Crippen molar-refractivity contribution in [3.63, 3.8) is 0 Å². The number of nitrogens with zero attached hydrogens (tertiary/aromatic N) is 3. The van der Waals surface area contributed by atoms with Gasteiger partial charge in [-0.2, -0.15) is 10.2 Å². The van der Waals surface area contributed by atoms with Crippen molar-refractivity contribution in [2.75, 3.05) is 0 Å². The lowest BCUT2D eigenvalue weighted by Gasteiger charge is -1.98. The molecule has 5 nitrogen and oxygen atoms in total. The SMILES string of the molecule is Cn1ccc(C(=O)N/N=C/c2ccc(Cl)c(Cl)c2)n1. The van der Waals surface area contributed by atoms with Crippen molar-refractivity contribution in [3.8, 4) is 0 Å². The van der Waals surface area contributed by atoms with Gasteiger partial charge >= 0.3 is 0 Å². The molecule has 1 N–H and O–H groups in total. The smallest absolute Gasteiger partial charge is 0.275 e. The first kappa shape index (κ1) is 13.6. The second-order valence-electron chi connectivity index (χ2n) is 3.75. The van der Waals surface area contributed by atoms with E-state index < -0.39 is 0 Å². The number of nitrogens with one attached hydrogen (secondary N) is 1. The third-order valence-corrected chi connectivity index (χ3v) is 3.01. The van der Waals surface area contributed by atoms with Gasteiger partial charge in [0.2, 0.25) is 0 Å². The van der Waals surface area contributed by atoms with E-state index >= 15 is 0 Å². The van der Waals surface area contributed by atoms with Gasteiger partial charge in [-0.25, -0.2) is 5.43 Å². The number of hydrogen-bond donors (Lipinski definition) is 1. The maximum absolute atomic E-state index is 11.6. The Morgan fingerprint density at radius 2 is 2.16 bits per heavy atom. The van der Waals surface area contributed by atoms with E-state index in [0.717, 1.165) is 5.56 Å². The molecular formula is C12H10Cl2N4O. The standard InChI is InChI=1S/C12H10Cl2N4O/c1-18-5-4-11(17-18)12(19)16-15-7-8-2-3-9(13)10(14)6-8/h2-7H,1H3,(H,16,19)/b15-7+. The lowest BCUT2D eigenvalue weighted by Crippen LogP contribution is -2.18. The number of aromatic nitrogens is 2. The van der Waals surface area contributed by atoms with Gasteiger partial charge in [0.05, 0.1) is 16.3 Å². The monoisotopic (exact) mass is 296 g/mol. The van der Waals surface area contributed by atoms with Crippen LogP contribution in [0.15, 0.2) is 35.6 Å². The summed E-state index contributed by atoms with van der Waals surface area (Å²) in [6.07, 6.45) is 3.15. The van der Waals surface area contributed by atoms with Crippen LogP contribution >= 0.6 is 23.2 Å². The molecule has 1 aromatic heterocycles. The molecule has 0 spiro atoms. The third kappa shape index (κ3) is 3.56. The molecule has 2 rings (SSSR count). The maximum atomic E-state index is 11.6. The molecule has 98 valence electrons. The Labute approximate surface area is 119 Å². The van der Waals surface area contributed by atoms with Crippen molar-refractivity contribution in [3.05, 3.63) is 51.8 Å². The number of halogens is 2. The van der Waals surface area contributed by atoms with Crippen LogP contribution in [0.2, 0.25) is 10.0 Å². The minimum absolute atomic E-state index is 0.300. The molecule has 2 aromatic rings. The number of aryl methyl sites for hydroxylation is 1. The first-order valence-corrected chi connectivity index (χ1v) is 6.10. The number of hydrogen-bond acceptors (Lipinski definition) is 3. The van der Waals surface area contributed by atoms with Gasteiger partial charge in [0, 0.05) is 13.2 Å². The molecule has 0 bridgehead atoms. The van der Waals surface area contributed by atoms with Crippen LogP contribution < -0.4 is 5.43 Å². The predicted octanol–water partition coefficient (Wildman–Crippen LogP) is 2.49. The average molecular weight is 297 g/mol. The zero-order valence-corrected chi connectivity index (χ0v) is 11.5. The summed E-state index contributed by atoms with van der Waals surface area (Å²) < 4.78 is 1.54. The van der Waals surface area contributed by atoms with Crippen molar-refractivity contribution in [2.24, 2.45) is 12.1 Å². The van der Waals surface area contributed by atoms with Crippen LogP contribution in [-0.2, 0) is 7.05 Å². The van der Waals surface area contributed by atoms with E-state index in [1.807, 2.05) is 0 Å². The van der Waals surface area contributed by atoms with Crippen molar-refractivity contribution in [1.29, 1.82) is 0 Å². The van der Waals surface area contributed by atoms with Crippen LogP contribution in [0.3, 0.4) is 0 Å². The number of amides is 1. The topological polar surface area (TPSA) is 59.3 Å². The largest absolute Gasteiger partial charge is 0.291 e. The van der Waals surface area contributed by atoms with E-state index in [1.54, 1.807) is 37.5 Å². The summed E-state index contributed by atoms with van der Waals surface area (Å²) in [7, 11) is 1.73. The summed E-state index contributed by atoms with van der Waals surface area (Å²) in [6.45, 7) is 0. The Morgan fingerprint density at radius 1 is 1.37 bits per heavy atom. The lowest BCUT2D eigenvalue weighted by molar-refractivity contribution is 0.0949. The molecule has 0 unspecified atom stereocenters. The quantitative estimate of drug-likeness (QED) is 0.699. The van der Waals surface area contributed by atoms with Crippen molar-refractivity contribution >= 4 is 35.3 Å². The van der Waals surface area contributed by atoms with Gasteiger partial charge in [0.1, 0.15) is 0 Å². The van der Waals surface area contributed by atoms with E-state index in [1.165, 1.54) is 10.9 Å². The minimum Gasteiger partial charge on any atom is -0.275 e. The van der Waals surface area contributed by atoms with Crippen LogP contribution in [0.25, 0.3) is 0 Å². The van der Waals surface area contributed by atoms with Gasteiger partial charge in [-0.3, -0.25) is 9.48 Å². The third-order valence-electron chi connectivity index (χ3n) is 2.27. The minimum atomic E-state index is -0.378. The fourth-order valence-corrected chi connectivity index (χ4v) is 1.66. The summed E-state index contributed by atoms with van der Waals surface area (Å²) in [6, 6.07) is 6.65. The van der Waals surface area contributed by atoms with Gasteiger partial charge in [-0.15, -0.1) is 0 Å². The molecule has 0 aliphatic carbocycles. The Kier molecular flexibility index (Phi) is 4.19. The zero-order valence-electron chi connectivity index (χ0n) is 9.97. The highest BCUT2D eigenvalue weighted by Gasteiger charge is 2.06. The van der Waals surface area contributed by atoms with Crippen LogP contribution in [0.1, 0.15) is 16.1 Å². The zero-order chi connectivity index (χ0) is 13.8. The van der Waals surface area contributed by atoms with Gasteiger partial charge < -0.3 is 0 Å². The fraction of sp³-hybridized carbons (Fsp3) is 0.0833. The highest BCUT2D eigenvalue weighted by atomic mass is 35.5. The van der Waals surface area contributed by atoms with E-state index in [2.05, 4.69) is 15.6 Å². The van der Waals surface area contributed by atoms with E-state index in [4.69, 9.17) is 23.2 Å². The van der Waals surface area contributed by atoms with Crippen LogP contribution in [-0.4, -0.2) is 21.9 Å². The Hall–Kier alpha value is -1.85. The number of carbonyl (C=O) groups is 1. The van der Waals surface area contributed by atoms with Gasteiger partial charge in [-0.1, -0.05) is 29.3 Å². The van der Waals surface area contributed by atoms with Gasteiger partial charge in [0.25, 0.3) is 5.91 Å². The summed E-state index contributed by atoms with van der Waals surface area (Å²) in [5.41, 5.74) is 3.41. The second kappa shape index (κ2) is 5.86. The van der Waals surface area contributed by atoms with Crippen LogP contribution in [0, 0.1) is 0 Å². The van der Waals surface area contributed by atoms with Gasteiger partial charge in [-0.05, 0) is 23.8 Å². The highest BCUT2D eigenvalue weighted by molar-refractivity contribution is 6.42. The molecule has 0 saturated carbocycles. The Balaban J connectivity index is 2.00. The van der Waals surface area contributed by atoms with E-state index in [-0.39, 0.29) is 5.91 Å². The maximum Gasteiger partial charge on any atom is 0.291 e. The predicted molar refractivity (Wildman–Crippen MR) is 74.7 cm³/mol. The molecule has 1 amide bonds. The van der Waals surface area contributed by atoms with Crippen molar-refractivity contribution < 1.29 is 4.79 Å². The first-order valence-electron chi connectivity index (χ1n) is 5.34. The number of rotatable bonds is 3. The average Bonchev–Trinajstić information content (AvgIpc) is 2.80. The summed E-state index contributed by atoms with van der Waals surface area (Å²) in [4.78, 5) is 11.6. The molecule has 0 aliphatic rings. The number of benzene rings is 1. The molecule has 7 heteroatoms. The summed E-state index contributed by atoms with van der Waals surface area (Å²) >= 11 is 11.7. The molecule has 0 aliphatic heterocycles. The Bertz CT molecular complexity index is 636. The first-order chi connectivity index (χ1) is 9.06. The Morgan fingerprint density at radius 3 is 2.79 bits per heavy atom.